The predicted molar refractivity (Wildman–Crippen MR) is 110 cm³/mol. The molecule has 0 saturated carbocycles. The Bertz CT molecular complexity index is 883. The molecule has 0 aromatic heterocycles. The molecule has 0 aliphatic carbocycles. The van der Waals surface area contributed by atoms with Gasteiger partial charge in [-0.15, -0.1) is 0 Å². The molecule has 1 atom stereocenters. The summed E-state index contributed by atoms with van der Waals surface area (Å²) in [6, 6.07) is 13.9. The second-order valence-electron chi connectivity index (χ2n) is 7.19. The van der Waals surface area contributed by atoms with Crippen molar-refractivity contribution in [2.24, 2.45) is 0 Å². The third kappa shape index (κ3) is 5.77. The van der Waals surface area contributed by atoms with Gasteiger partial charge in [0, 0.05) is 32.6 Å². The highest BCUT2D eigenvalue weighted by atomic mass is 16.5. The van der Waals surface area contributed by atoms with E-state index in [9.17, 15) is 14.4 Å². The summed E-state index contributed by atoms with van der Waals surface area (Å²) < 4.78 is 4.58. The first-order chi connectivity index (χ1) is 14.1. The van der Waals surface area contributed by atoms with Gasteiger partial charge in [-0.3, -0.25) is 19.3 Å². The monoisotopic (exact) mass is 397 g/mol. The molecule has 1 aliphatic rings. The summed E-state index contributed by atoms with van der Waals surface area (Å²) in [5.41, 5.74) is 1.11. The van der Waals surface area contributed by atoms with Crippen molar-refractivity contribution in [2.45, 2.75) is 31.8 Å². The number of carbonyl (C=O) groups is 3. The molecule has 2 N–H and O–H groups in total. The second kappa shape index (κ2) is 10.0. The number of methoxy groups -OCH3 is 1. The SMILES string of the molecule is COC(=O)CCCNC(=O)CC1C(=O)NCCN1Cc1ccc2ccccc2c1. The second-order valence-corrected chi connectivity index (χ2v) is 7.19. The molecule has 0 bridgehead atoms. The van der Waals surface area contributed by atoms with Gasteiger partial charge in [-0.25, -0.2) is 0 Å². The Labute approximate surface area is 170 Å². The van der Waals surface area contributed by atoms with Crippen LogP contribution >= 0.6 is 0 Å². The number of fused-ring (bicyclic) bond motifs is 1. The van der Waals surface area contributed by atoms with Crippen LogP contribution in [0.15, 0.2) is 42.5 Å². The number of hydrogen-bond acceptors (Lipinski definition) is 5. The zero-order chi connectivity index (χ0) is 20.6. The van der Waals surface area contributed by atoms with E-state index in [1.54, 1.807) is 0 Å². The van der Waals surface area contributed by atoms with Crippen LogP contribution in [0.1, 0.15) is 24.8 Å². The minimum absolute atomic E-state index is 0.0949. The van der Waals surface area contributed by atoms with Gasteiger partial charge in [-0.05, 0) is 28.8 Å². The van der Waals surface area contributed by atoms with Crippen molar-refractivity contribution in [3.05, 3.63) is 48.0 Å². The molecule has 2 amide bonds. The molecular formula is C22H27N3O4. The van der Waals surface area contributed by atoms with Crippen LogP contribution in [-0.2, 0) is 25.7 Å². The van der Waals surface area contributed by atoms with Crippen LogP contribution in [-0.4, -0.2) is 55.5 Å². The van der Waals surface area contributed by atoms with Crippen molar-refractivity contribution in [1.29, 1.82) is 0 Å². The Kier molecular flexibility index (Phi) is 7.19. The Morgan fingerprint density at radius 1 is 1.21 bits per heavy atom. The molecule has 2 aromatic carbocycles. The van der Waals surface area contributed by atoms with E-state index < -0.39 is 6.04 Å². The standard InChI is InChI=1S/C22H27N3O4/c1-29-21(27)7-4-10-23-20(26)14-19-22(28)24-11-12-25(19)15-16-8-9-17-5-2-3-6-18(17)13-16/h2-3,5-6,8-9,13,19H,4,7,10-12,14-15H2,1H3,(H,23,26)(H,24,28). The molecule has 0 spiro atoms. The molecule has 1 saturated heterocycles. The smallest absolute Gasteiger partial charge is 0.305 e. The molecule has 7 heteroatoms. The van der Waals surface area contributed by atoms with E-state index in [4.69, 9.17) is 0 Å². The number of rotatable bonds is 8. The minimum atomic E-state index is -0.504. The number of esters is 1. The van der Waals surface area contributed by atoms with Gasteiger partial charge in [0.05, 0.1) is 19.6 Å². The Morgan fingerprint density at radius 3 is 2.79 bits per heavy atom. The fourth-order valence-electron chi connectivity index (χ4n) is 3.56. The molecule has 7 nitrogen and oxygen atoms in total. The van der Waals surface area contributed by atoms with E-state index >= 15 is 0 Å². The molecule has 1 fully saturated rings. The first-order valence-electron chi connectivity index (χ1n) is 9.90. The fraction of sp³-hybridized carbons (Fsp3) is 0.409. The van der Waals surface area contributed by atoms with Crippen LogP contribution in [0, 0.1) is 0 Å². The first kappa shape index (κ1) is 20.8. The highest BCUT2D eigenvalue weighted by molar-refractivity contribution is 5.89. The quantitative estimate of drug-likeness (QED) is 0.522. The Morgan fingerprint density at radius 2 is 2.00 bits per heavy atom. The number of nitrogens with one attached hydrogen (secondary N) is 2. The number of amides is 2. The normalized spacial score (nSPS) is 17.0. The van der Waals surface area contributed by atoms with Crippen molar-refractivity contribution < 1.29 is 19.1 Å². The van der Waals surface area contributed by atoms with Gasteiger partial charge >= 0.3 is 5.97 Å². The number of hydrogen-bond donors (Lipinski definition) is 2. The maximum absolute atomic E-state index is 12.4. The summed E-state index contributed by atoms with van der Waals surface area (Å²) in [5.74, 6) is -0.616. The molecule has 2 aromatic rings. The van der Waals surface area contributed by atoms with Crippen LogP contribution in [0.5, 0.6) is 0 Å². The molecule has 0 radical (unpaired) electrons. The lowest BCUT2D eigenvalue weighted by molar-refractivity contribution is -0.140. The van der Waals surface area contributed by atoms with Crippen LogP contribution in [0.25, 0.3) is 10.8 Å². The van der Waals surface area contributed by atoms with Crippen molar-refractivity contribution in [3.63, 3.8) is 0 Å². The average Bonchev–Trinajstić information content (AvgIpc) is 2.73. The van der Waals surface area contributed by atoms with Crippen molar-refractivity contribution >= 4 is 28.6 Å². The number of nitrogens with zero attached hydrogens (tertiary/aromatic N) is 1. The highest BCUT2D eigenvalue weighted by Gasteiger charge is 2.31. The maximum atomic E-state index is 12.4. The van der Waals surface area contributed by atoms with Crippen molar-refractivity contribution in [2.75, 3.05) is 26.7 Å². The summed E-state index contributed by atoms with van der Waals surface area (Å²) in [5, 5.41) is 7.97. The van der Waals surface area contributed by atoms with E-state index in [-0.39, 0.29) is 30.6 Å². The molecule has 29 heavy (non-hydrogen) atoms. The summed E-state index contributed by atoms with van der Waals surface area (Å²) >= 11 is 0. The maximum Gasteiger partial charge on any atom is 0.305 e. The lowest BCUT2D eigenvalue weighted by Gasteiger charge is -2.34. The van der Waals surface area contributed by atoms with Crippen LogP contribution in [0.2, 0.25) is 0 Å². The summed E-state index contributed by atoms with van der Waals surface area (Å²) in [6.45, 7) is 2.26. The highest BCUT2D eigenvalue weighted by Crippen LogP contribution is 2.19. The summed E-state index contributed by atoms with van der Waals surface area (Å²) in [6.07, 6.45) is 0.864. The van der Waals surface area contributed by atoms with Gasteiger partial charge in [0.1, 0.15) is 0 Å². The van der Waals surface area contributed by atoms with Crippen LogP contribution in [0.4, 0.5) is 0 Å². The Balaban J connectivity index is 1.58. The lowest BCUT2D eigenvalue weighted by Crippen LogP contribution is -2.56. The topological polar surface area (TPSA) is 87.7 Å². The summed E-state index contributed by atoms with van der Waals surface area (Å²) in [4.78, 5) is 37.9. The van der Waals surface area contributed by atoms with Gasteiger partial charge in [0.25, 0.3) is 0 Å². The molecule has 1 heterocycles. The van der Waals surface area contributed by atoms with E-state index in [1.165, 1.54) is 12.5 Å². The molecule has 1 unspecified atom stereocenters. The van der Waals surface area contributed by atoms with E-state index in [1.807, 2.05) is 12.1 Å². The van der Waals surface area contributed by atoms with E-state index in [0.717, 1.165) is 10.9 Å². The largest absolute Gasteiger partial charge is 0.469 e. The van der Waals surface area contributed by atoms with Crippen LogP contribution < -0.4 is 10.6 Å². The van der Waals surface area contributed by atoms with Gasteiger partial charge < -0.3 is 15.4 Å². The van der Waals surface area contributed by atoms with Gasteiger partial charge in [0.15, 0.2) is 0 Å². The van der Waals surface area contributed by atoms with Gasteiger partial charge in [-0.1, -0.05) is 36.4 Å². The van der Waals surface area contributed by atoms with Gasteiger partial charge in [0.2, 0.25) is 11.8 Å². The zero-order valence-corrected chi connectivity index (χ0v) is 16.6. The molecule has 1 aliphatic heterocycles. The van der Waals surface area contributed by atoms with Crippen LogP contribution in [0.3, 0.4) is 0 Å². The third-order valence-electron chi connectivity index (χ3n) is 5.13. The zero-order valence-electron chi connectivity index (χ0n) is 16.6. The molecule has 154 valence electrons. The average molecular weight is 397 g/mol. The molecule has 3 rings (SSSR count). The number of benzene rings is 2. The van der Waals surface area contributed by atoms with E-state index in [0.29, 0.717) is 32.6 Å². The van der Waals surface area contributed by atoms with Gasteiger partial charge in [-0.2, -0.15) is 0 Å². The van der Waals surface area contributed by atoms with Crippen molar-refractivity contribution in [3.8, 4) is 0 Å². The minimum Gasteiger partial charge on any atom is -0.469 e. The lowest BCUT2D eigenvalue weighted by atomic mass is 10.0. The third-order valence-corrected chi connectivity index (χ3v) is 5.13. The van der Waals surface area contributed by atoms with Crippen molar-refractivity contribution in [1.82, 2.24) is 15.5 Å². The summed E-state index contributed by atoms with van der Waals surface area (Å²) in [7, 11) is 1.34. The molecular weight excluding hydrogens is 370 g/mol. The fourth-order valence-corrected chi connectivity index (χ4v) is 3.56. The predicted octanol–water partition coefficient (Wildman–Crippen LogP) is 1.60. The number of carbonyl (C=O) groups excluding carboxylic acids is 3. The number of ether oxygens (including phenoxy) is 1. The number of piperazine rings is 1. The van der Waals surface area contributed by atoms with E-state index in [2.05, 4.69) is 50.6 Å². The first-order valence-corrected chi connectivity index (χ1v) is 9.90. The Hall–Kier alpha value is -2.93.